The molecule has 0 saturated carbocycles. The van der Waals surface area contributed by atoms with E-state index in [-0.39, 0.29) is 11.1 Å². The highest BCUT2D eigenvalue weighted by Gasteiger charge is 1.94. The van der Waals surface area contributed by atoms with Gasteiger partial charge in [-0.2, -0.15) is 21.0 Å². The van der Waals surface area contributed by atoms with Crippen LogP contribution in [0.5, 0.6) is 0 Å². The minimum Gasteiger partial charge on any atom is -0.380 e. The molecule has 0 radical (unpaired) electrons. The minimum atomic E-state index is 0.0951. The minimum absolute atomic E-state index is 0.0951. The maximum absolute atomic E-state index is 8.52. The summed E-state index contributed by atoms with van der Waals surface area (Å²) in [7, 11) is 3.90. The van der Waals surface area contributed by atoms with E-state index in [1.165, 1.54) is 37.8 Å². The molecule has 0 aliphatic carbocycles. The van der Waals surface area contributed by atoms with Crippen LogP contribution in [0.4, 0.5) is 5.69 Å². The Kier molecular flexibility index (Phi) is 16.3. The first kappa shape index (κ1) is 27.7. The number of rotatable bonds is 10. The van der Waals surface area contributed by atoms with Crippen LogP contribution < -0.4 is 4.90 Å². The summed E-state index contributed by atoms with van der Waals surface area (Å²) < 4.78 is 0. The number of benzene rings is 1. The molecule has 0 amide bonds. The van der Waals surface area contributed by atoms with Crippen molar-refractivity contribution in [2.45, 2.75) is 32.6 Å². The molecule has 0 fully saturated rings. The maximum Gasteiger partial charge on any atom is 0.129 e. The molecule has 1 aromatic carbocycles. The zero-order valence-corrected chi connectivity index (χ0v) is 19.1. The lowest BCUT2D eigenvalue weighted by molar-refractivity contribution is 0.432. The summed E-state index contributed by atoms with van der Waals surface area (Å²) in [5, 5.41) is 34.0. The Balaban J connectivity index is 0.000000601. The normalized spacial score (nSPS) is 9.34. The van der Waals surface area contributed by atoms with Crippen LogP contribution >= 0.6 is 0 Å². The van der Waals surface area contributed by atoms with Gasteiger partial charge in [0.1, 0.15) is 35.4 Å². The lowest BCUT2D eigenvalue weighted by atomic mass is 10.2. The van der Waals surface area contributed by atoms with E-state index >= 15 is 0 Å². The Morgan fingerprint density at radius 3 is 1.81 bits per heavy atom. The number of allylic oxidation sites excluding steroid dienone is 6. The van der Waals surface area contributed by atoms with Crippen LogP contribution in [0.15, 0.2) is 78.2 Å². The third-order valence-electron chi connectivity index (χ3n) is 4.19. The summed E-state index contributed by atoms with van der Waals surface area (Å²) >= 11 is 0. The van der Waals surface area contributed by atoms with Crippen molar-refractivity contribution < 1.29 is 0 Å². The molecule has 0 unspecified atom stereocenters. The van der Waals surface area contributed by atoms with Crippen LogP contribution in [-0.2, 0) is 0 Å². The van der Waals surface area contributed by atoms with Crippen molar-refractivity contribution in [1.29, 1.82) is 21.0 Å². The van der Waals surface area contributed by atoms with Crippen molar-refractivity contribution >= 4 is 5.69 Å². The Morgan fingerprint density at radius 1 is 0.781 bits per heavy atom. The van der Waals surface area contributed by atoms with Crippen molar-refractivity contribution in [3.05, 3.63) is 78.2 Å². The largest absolute Gasteiger partial charge is 0.380 e. The fourth-order valence-electron chi connectivity index (χ4n) is 2.37. The van der Waals surface area contributed by atoms with E-state index < -0.39 is 0 Å². The fraction of sp³-hybridized carbons (Fsp3) is 0.308. The molecule has 0 spiro atoms. The highest BCUT2D eigenvalue weighted by Crippen LogP contribution is 2.11. The van der Waals surface area contributed by atoms with Gasteiger partial charge >= 0.3 is 0 Å². The molecule has 6 nitrogen and oxygen atoms in total. The maximum atomic E-state index is 8.52. The Labute approximate surface area is 192 Å². The molecule has 32 heavy (non-hydrogen) atoms. The van der Waals surface area contributed by atoms with E-state index in [4.69, 9.17) is 21.0 Å². The van der Waals surface area contributed by atoms with E-state index in [9.17, 15) is 0 Å². The summed E-state index contributed by atoms with van der Waals surface area (Å²) in [4.78, 5) is 3.97. The smallest absolute Gasteiger partial charge is 0.129 e. The number of hydrogen-bond acceptors (Lipinski definition) is 6. The number of para-hydroxylation sites is 1. The van der Waals surface area contributed by atoms with Gasteiger partial charge in [-0.15, -0.1) is 0 Å². The van der Waals surface area contributed by atoms with E-state index in [1.807, 2.05) is 67.7 Å². The van der Waals surface area contributed by atoms with E-state index in [2.05, 4.69) is 11.8 Å². The van der Waals surface area contributed by atoms with Crippen molar-refractivity contribution in [3.8, 4) is 24.3 Å². The standard InChI is InChI=1S/C13H11N3.C13H19N3/c1-16(13-7-3-2-4-8-13)9-5-6-12(10-14)11-15;1-3-4-5-6-9-16(2)10-7-8-13(11-14)12-15/h2-9H,1H3;7-8,10H,3-6,9H2,1-2H3. The SMILES string of the molecule is CCCCCCN(C)C=CC=C(C#N)C#N.CN(C=CC=C(C#N)C#N)c1ccccc1. The summed E-state index contributed by atoms with van der Waals surface area (Å²) in [5.74, 6) is 0. The Hall–Kier alpha value is -4.26. The van der Waals surface area contributed by atoms with Crippen molar-refractivity contribution in [2.24, 2.45) is 0 Å². The molecule has 0 aliphatic heterocycles. The molecule has 0 saturated heterocycles. The molecule has 0 atom stereocenters. The van der Waals surface area contributed by atoms with Gasteiger partial charge in [0.25, 0.3) is 0 Å². The average molecular weight is 427 g/mol. The molecule has 1 rings (SSSR count). The van der Waals surface area contributed by atoms with Gasteiger partial charge in [-0.1, -0.05) is 44.4 Å². The van der Waals surface area contributed by atoms with Crippen molar-refractivity contribution in [2.75, 3.05) is 25.5 Å². The predicted molar refractivity (Wildman–Crippen MR) is 129 cm³/mol. The molecule has 0 heterocycles. The van der Waals surface area contributed by atoms with Crippen LogP contribution in [0.2, 0.25) is 0 Å². The first-order valence-electron chi connectivity index (χ1n) is 10.4. The molecule has 164 valence electrons. The monoisotopic (exact) mass is 426 g/mol. The lowest BCUT2D eigenvalue weighted by Gasteiger charge is -2.12. The van der Waals surface area contributed by atoms with Crippen LogP contribution in [0.1, 0.15) is 32.6 Å². The van der Waals surface area contributed by atoms with Gasteiger partial charge in [0.2, 0.25) is 0 Å². The third kappa shape index (κ3) is 13.8. The molecular formula is C26H30N6. The molecule has 0 aliphatic rings. The van der Waals surface area contributed by atoms with Crippen molar-refractivity contribution in [1.82, 2.24) is 4.90 Å². The van der Waals surface area contributed by atoms with Crippen LogP contribution in [-0.4, -0.2) is 25.5 Å². The van der Waals surface area contributed by atoms with Crippen molar-refractivity contribution in [3.63, 3.8) is 0 Å². The van der Waals surface area contributed by atoms with E-state index in [1.54, 1.807) is 30.5 Å². The number of unbranched alkanes of at least 4 members (excludes halogenated alkanes) is 3. The number of nitrogens with zero attached hydrogens (tertiary/aromatic N) is 6. The first-order chi connectivity index (χ1) is 15.5. The molecule has 0 N–H and O–H groups in total. The highest BCUT2D eigenvalue weighted by atomic mass is 15.1. The second-order valence-electron chi connectivity index (χ2n) is 6.78. The van der Waals surface area contributed by atoms with Gasteiger partial charge in [0, 0.05) is 32.5 Å². The molecule has 1 aromatic rings. The zero-order chi connectivity index (χ0) is 24.0. The van der Waals surface area contributed by atoms with Gasteiger partial charge in [0.05, 0.1) is 0 Å². The summed E-state index contributed by atoms with van der Waals surface area (Å²) in [6.45, 7) is 3.21. The van der Waals surface area contributed by atoms with Gasteiger partial charge in [-0.05, 0) is 49.1 Å². The quantitative estimate of drug-likeness (QED) is 0.274. The van der Waals surface area contributed by atoms with E-state index in [0.717, 1.165) is 12.2 Å². The van der Waals surface area contributed by atoms with Crippen LogP contribution in [0.25, 0.3) is 0 Å². The summed E-state index contributed by atoms with van der Waals surface area (Å²) in [5.41, 5.74) is 1.27. The molecule has 0 aromatic heterocycles. The molecule has 0 bridgehead atoms. The zero-order valence-electron chi connectivity index (χ0n) is 19.1. The number of hydrogen-bond donors (Lipinski definition) is 0. The van der Waals surface area contributed by atoms with Gasteiger partial charge < -0.3 is 9.80 Å². The first-order valence-corrected chi connectivity index (χ1v) is 10.4. The summed E-state index contributed by atoms with van der Waals surface area (Å²) in [6.07, 6.45) is 15.1. The molecular weight excluding hydrogens is 396 g/mol. The Bertz CT molecular complexity index is 911. The third-order valence-corrected chi connectivity index (χ3v) is 4.19. The second kappa shape index (κ2) is 18.7. The van der Waals surface area contributed by atoms with Crippen LogP contribution in [0, 0.1) is 45.3 Å². The highest BCUT2D eigenvalue weighted by molar-refractivity contribution is 5.48. The van der Waals surface area contributed by atoms with Gasteiger partial charge in [0.15, 0.2) is 0 Å². The van der Waals surface area contributed by atoms with Gasteiger partial charge in [-0.25, -0.2) is 0 Å². The average Bonchev–Trinajstić information content (AvgIpc) is 2.83. The Morgan fingerprint density at radius 2 is 1.31 bits per heavy atom. The lowest BCUT2D eigenvalue weighted by Crippen LogP contribution is -2.11. The molecule has 6 heteroatoms. The topological polar surface area (TPSA) is 102 Å². The van der Waals surface area contributed by atoms with E-state index in [0.29, 0.717) is 0 Å². The van der Waals surface area contributed by atoms with Crippen LogP contribution in [0.3, 0.4) is 0 Å². The summed E-state index contributed by atoms with van der Waals surface area (Å²) in [6, 6.07) is 17.0. The number of anilines is 1. The second-order valence-corrected chi connectivity index (χ2v) is 6.78. The fourth-order valence-corrected chi connectivity index (χ4v) is 2.37. The van der Waals surface area contributed by atoms with Gasteiger partial charge in [-0.3, -0.25) is 0 Å². The predicted octanol–water partition coefficient (Wildman–Crippen LogP) is 5.60. The number of nitriles is 4.